The highest BCUT2D eigenvalue weighted by Gasteiger charge is 2.65. The smallest absolute Gasteiger partial charge is 0.336 e. The van der Waals surface area contributed by atoms with Crippen molar-refractivity contribution in [1.82, 2.24) is 0 Å². The maximum Gasteiger partial charge on any atom is 0.336 e. The van der Waals surface area contributed by atoms with Gasteiger partial charge in [0.2, 0.25) is 0 Å². The van der Waals surface area contributed by atoms with E-state index in [0.29, 0.717) is 12.0 Å². The molecule has 0 aromatic carbocycles. The minimum atomic E-state index is -1.64. The highest BCUT2D eigenvalue weighted by Crippen LogP contribution is 2.56. The van der Waals surface area contributed by atoms with E-state index in [1.54, 1.807) is 0 Å². The number of carbonyl (C=O) groups is 2. The normalized spacial score (nSPS) is 40.6. The molecule has 8 unspecified atom stereocenters. The summed E-state index contributed by atoms with van der Waals surface area (Å²) in [6.07, 6.45) is -1.53. The first-order valence-corrected chi connectivity index (χ1v) is 10.9. The molecule has 7 nitrogen and oxygen atoms in total. The van der Waals surface area contributed by atoms with Crippen molar-refractivity contribution in [1.29, 1.82) is 0 Å². The minimum Gasteiger partial charge on any atom is -0.461 e. The molecule has 2 aliphatic carbocycles. The number of halogens is 1. The van der Waals surface area contributed by atoms with Gasteiger partial charge in [-0.25, -0.2) is 4.79 Å². The van der Waals surface area contributed by atoms with Gasteiger partial charge in [-0.3, -0.25) is 4.79 Å². The van der Waals surface area contributed by atoms with Crippen LogP contribution in [0.4, 0.5) is 0 Å². The Morgan fingerprint density at radius 3 is 2.67 bits per heavy atom. The number of alkyl halides is 1. The molecular formula is C22H31ClO7. The Morgan fingerprint density at radius 2 is 2.10 bits per heavy atom. The van der Waals surface area contributed by atoms with Gasteiger partial charge in [0.15, 0.2) is 0 Å². The maximum atomic E-state index is 12.8. The molecule has 3 N–H and O–H groups in total. The fraction of sp³-hybridized carbons (Fsp3) is 0.727. The molecule has 0 spiro atoms. The minimum absolute atomic E-state index is 0.0834. The van der Waals surface area contributed by atoms with Crippen LogP contribution < -0.4 is 0 Å². The molecular weight excluding hydrogens is 412 g/mol. The van der Waals surface area contributed by atoms with Crippen molar-refractivity contribution in [2.24, 2.45) is 29.6 Å². The van der Waals surface area contributed by atoms with E-state index in [2.05, 4.69) is 13.2 Å². The van der Waals surface area contributed by atoms with Crippen LogP contribution in [0.3, 0.4) is 0 Å². The molecule has 1 aliphatic heterocycles. The Balaban J connectivity index is 2.04. The first-order chi connectivity index (χ1) is 14.0. The second kappa shape index (κ2) is 8.61. The summed E-state index contributed by atoms with van der Waals surface area (Å²) in [5.41, 5.74) is -1.01. The quantitative estimate of drug-likeness (QED) is 0.247. The average molecular weight is 443 g/mol. The van der Waals surface area contributed by atoms with Crippen molar-refractivity contribution < 1.29 is 34.4 Å². The van der Waals surface area contributed by atoms with Crippen molar-refractivity contribution in [3.8, 4) is 0 Å². The first kappa shape index (κ1) is 23.3. The number of hydrogen-bond acceptors (Lipinski definition) is 7. The van der Waals surface area contributed by atoms with Gasteiger partial charge in [0.25, 0.3) is 0 Å². The van der Waals surface area contributed by atoms with Gasteiger partial charge in [0, 0.05) is 18.3 Å². The molecule has 1 saturated heterocycles. The van der Waals surface area contributed by atoms with Gasteiger partial charge in [-0.05, 0) is 24.7 Å². The molecule has 30 heavy (non-hydrogen) atoms. The van der Waals surface area contributed by atoms with Crippen LogP contribution >= 0.6 is 11.6 Å². The molecule has 0 bridgehead atoms. The molecule has 8 heteroatoms. The third kappa shape index (κ3) is 3.81. The largest absolute Gasteiger partial charge is 0.461 e. The van der Waals surface area contributed by atoms with E-state index in [4.69, 9.17) is 21.1 Å². The molecule has 2 saturated carbocycles. The molecule has 0 radical (unpaired) electrons. The van der Waals surface area contributed by atoms with Gasteiger partial charge < -0.3 is 24.8 Å². The Labute approximate surface area is 181 Å². The predicted molar refractivity (Wildman–Crippen MR) is 109 cm³/mol. The van der Waals surface area contributed by atoms with Crippen LogP contribution in [0, 0.1) is 29.6 Å². The molecule has 0 aromatic heterocycles. The molecule has 0 amide bonds. The van der Waals surface area contributed by atoms with E-state index < -0.39 is 60.2 Å². The fourth-order valence-corrected chi connectivity index (χ4v) is 5.81. The lowest BCUT2D eigenvalue weighted by atomic mass is 9.73. The summed E-state index contributed by atoms with van der Waals surface area (Å²) in [6.45, 7) is 11.1. The Morgan fingerprint density at radius 1 is 1.43 bits per heavy atom. The summed E-state index contributed by atoms with van der Waals surface area (Å²) in [4.78, 5) is 25.2. The molecule has 0 aromatic rings. The Bertz CT molecular complexity index is 735. The zero-order valence-corrected chi connectivity index (χ0v) is 18.2. The monoisotopic (exact) mass is 442 g/mol. The van der Waals surface area contributed by atoms with Gasteiger partial charge in [-0.1, -0.05) is 32.6 Å². The molecule has 1 heterocycles. The van der Waals surface area contributed by atoms with Gasteiger partial charge in [-0.2, -0.15) is 0 Å². The summed E-state index contributed by atoms with van der Waals surface area (Å²) >= 11 is 6.09. The van der Waals surface area contributed by atoms with Crippen LogP contribution in [0.2, 0.25) is 0 Å². The molecule has 168 valence electrons. The Kier molecular flexibility index (Phi) is 6.68. The number of carbonyl (C=O) groups excluding carboxylic acids is 2. The number of aliphatic hydroxyl groups excluding tert-OH is 2. The predicted octanol–water partition coefficient (Wildman–Crippen LogP) is 1.58. The highest BCUT2D eigenvalue weighted by atomic mass is 35.5. The SMILES string of the molecule is C=C(CO)C(=O)OC1CC(=C)C2CC(O)C(O)(CCl)C2C2OC(=O)C(CC(C)C)C12. The molecule has 3 rings (SSSR count). The van der Waals surface area contributed by atoms with E-state index in [0.717, 1.165) is 0 Å². The van der Waals surface area contributed by atoms with Crippen LogP contribution in [0.25, 0.3) is 0 Å². The van der Waals surface area contributed by atoms with Crippen molar-refractivity contribution in [3.05, 3.63) is 24.3 Å². The van der Waals surface area contributed by atoms with Crippen molar-refractivity contribution in [3.63, 3.8) is 0 Å². The number of aliphatic hydroxyl groups is 3. The fourth-order valence-electron chi connectivity index (χ4n) is 5.46. The lowest BCUT2D eigenvalue weighted by Crippen LogP contribution is -2.52. The van der Waals surface area contributed by atoms with E-state index in [1.807, 2.05) is 13.8 Å². The summed E-state index contributed by atoms with van der Waals surface area (Å²) in [5, 5.41) is 31.0. The van der Waals surface area contributed by atoms with E-state index in [9.17, 15) is 24.9 Å². The summed E-state index contributed by atoms with van der Waals surface area (Å²) in [7, 11) is 0. The van der Waals surface area contributed by atoms with Gasteiger partial charge in [-0.15, -0.1) is 11.6 Å². The number of rotatable bonds is 6. The van der Waals surface area contributed by atoms with Crippen molar-refractivity contribution in [2.75, 3.05) is 12.5 Å². The van der Waals surface area contributed by atoms with Crippen LogP contribution in [0.1, 0.15) is 33.1 Å². The second-order valence-electron chi connectivity index (χ2n) is 9.29. The first-order valence-electron chi connectivity index (χ1n) is 10.4. The van der Waals surface area contributed by atoms with Crippen molar-refractivity contribution in [2.45, 2.75) is 57.0 Å². The zero-order chi connectivity index (χ0) is 22.4. The summed E-state index contributed by atoms with van der Waals surface area (Å²) in [5.74, 6) is -3.19. The van der Waals surface area contributed by atoms with Crippen molar-refractivity contribution >= 4 is 23.5 Å². The third-order valence-electron chi connectivity index (χ3n) is 6.91. The molecule has 3 aliphatic rings. The molecule has 8 atom stereocenters. The van der Waals surface area contributed by atoms with Crippen LogP contribution in [0.15, 0.2) is 24.3 Å². The molecule has 3 fully saturated rings. The summed E-state index contributed by atoms with van der Waals surface area (Å²) in [6, 6.07) is 0. The van der Waals surface area contributed by atoms with Crippen LogP contribution in [-0.2, 0) is 19.1 Å². The van der Waals surface area contributed by atoms with E-state index in [1.165, 1.54) is 0 Å². The second-order valence-corrected chi connectivity index (χ2v) is 9.56. The topological polar surface area (TPSA) is 113 Å². The lowest BCUT2D eigenvalue weighted by molar-refractivity contribution is -0.155. The zero-order valence-electron chi connectivity index (χ0n) is 17.4. The van der Waals surface area contributed by atoms with Gasteiger partial charge in [0.05, 0.1) is 30.1 Å². The van der Waals surface area contributed by atoms with Gasteiger partial charge in [0.1, 0.15) is 17.8 Å². The maximum absolute atomic E-state index is 12.8. The number of fused-ring (bicyclic) bond motifs is 3. The van der Waals surface area contributed by atoms with E-state index in [-0.39, 0.29) is 36.1 Å². The summed E-state index contributed by atoms with van der Waals surface area (Å²) < 4.78 is 11.5. The highest BCUT2D eigenvalue weighted by molar-refractivity contribution is 6.18. The lowest BCUT2D eigenvalue weighted by Gasteiger charge is -2.37. The van der Waals surface area contributed by atoms with E-state index >= 15 is 0 Å². The standard InChI is InChI=1S/C22H31ClO7/c1-10(2)5-14-17-15(29-20(26)12(4)8-24)6-11(3)13-7-16(25)22(28,9-23)18(13)19(17)30-21(14)27/h10,13-19,24-25,28H,3-9H2,1-2H3. The van der Waals surface area contributed by atoms with Crippen LogP contribution in [-0.4, -0.2) is 63.7 Å². The van der Waals surface area contributed by atoms with Crippen LogP contribution in [0.5, 0.6) is 0 Å². The number of ether oxygens (including phenoxy) is 2. The Hall–Kier alpha value is -1.41. The third-order valence-corrected chi connectivity index (χ3v) is 7.34. The average Bonchev–Trinajstić information content (AvgIpc) is 3.10. The number of hydrogen-bond donors (Lipinski definition) is 3. The van der Waals surface area contributed by atoms with Gasteiger partial charge >= 0.3 is 11.9 Å². The number of esters is 2.